The summed E-state index contributed by atoms with van der Waals surface area (Å²) in [6.45, 7) is 2.44. The van der Waals surface area contributed by atoms with Crippen LogP contribution in [0, 0.1) is 11.8 Å². The zero-order valence-corrected chi connectivity index (χ0v) is 6.48. The van der Waals surface area contributed by atoms with E-state index in [2.05, 4.69) is 14.8 Å². The predicted molar refractivity (Wildman–Crippen MR) is 42.4 cm³/mol. The molecule has 50 valence electrons. The van der Waals surface area contributed by atoms with Gasteiger partial charge in [0.2, 0.25) is 0 Å². The van der Waals surface area contributed by atoms with Crippen LogP contribution in [0.1, 0.15) is 32.6 Å². The van der Waals surface area contributed by atoms with E-state index in [1.165, 1.54) is 19.3 Å². The van der Waals surface area contributed by atoms with Crippen LogP contribution in [0.25, 0.3) is 0 Å². The summed E-state index contributed by atoms with van der Waals surface area (Å²) in [6, 6.07) is 0. The smallest absolute Gasteiger partial charge is 0.0667 e. The first-order valence-corrected chi connectivity index (χ1v) is 4.18. The second-order valence-corrected chi connectivity index (χ2v) is 4.57. The van der Waals surface area contributed by atoms with E-state index < -0.39 is 0 Å². The molecule has 0 nitrogen and oxygen atoms in total. The van der Waals surface area contributed by atoms with Crippen LogP contribution in [0.4, 0.5) is 0 Å². The largest absolute Gasteiger partial charge is 0.109 e. The van der Waals surface area contributed by atoms with Gasteiger partial charge in [0.25, 0.3) is 0 Å². The van der Waals surface area contributed by atoms with Crippen molar-refractivity contribution in [2.75, 3.05) is 0 Å². The second-order valence-electron chi connectivity index (χ2n) is 4.57. The molecule has 9 heavy (non-hydrogen) atoms. The highest BCUT2D eigenvalue weighted by Gasteiger charge is 2.44. The second kappa shape index (κ2) is 1.56. The Labute approximate surface area is 58.4 Å². The molecule has 2 saturated carbocycles. The molecule has 1 heteroatoms. The zero-order valence-electron chi connectivity index (χ0n) is 6.48. The third-order valence-corrected chi connectivity index (χ3v) is 3.46. The molecule has 0 saturated heterocycles. The fourth-order valence-electron chi connectivity index (χ4n) is 2.88. The molecule has 0 aliphatic heterocycles. The number of fused-ring (bicyclic) bond motifs is 2. The van der Waals surface area contributed by atoms with Gasteiger partial charge in [-0.15, -0.1) is 0 Å². The summed E-state index contributed by atoms with van der Waals surface area (Å²) in [5.74, 6) is 2.20. The Morgan fingerprint density at radius 3 is 2.44 bits per heavy atom. The Balaban J connectivity index is 2.18. The van der Waals surface area contributed by atoms with Crippen molar-refractivity contribution in [1.82, 2.24) is 0 Å². The molecule has 0 aromatic rings. The van der Waals surface area contributed by atoms with Crippen molar-refractivity contribution in [3.63, 3.8) is 0 Å². The van der Waals surface area contributed by atoms with E-state index in [1.54, 1.807) is 6.42 Å². The standard InChI is InChI=1S/C8H15B/c1-8(9)5-6-2-3-7(8)4-6/h6-7H,2-5,9H2,1H3. The summed E-state index contributed by atoms with van der Waals surface area (Å²) < 4.78 is 0. The molecule has 3 unspecified atom stereocenters. The Morgan fingerprint density at radius 2 is 2.22 bits per heavy atom. The lowest BCUT2D eigenvalue weighted by Gasteiger charge is -2.29. The fourth-order valence-corrected chi connectivity index (χ4v) is 2.88. The molecule has 2 aliphatic carbocycles. The van der Waals surface area contributed by atoms with Crippen LogP contribution in [-0.4, -0.2) is 7.85 Å². The molecule has 2 fully saturated rings. The van der Waals surface area contributed by atoms with Gasteiger partial charge in [0, 0.05) is 0 Å². The number of hydrogen-bond acceptors (Lipinski definition) is 0. The van der Waals surface area contributed by atoms with E-state index >= 15 is 0 Å². The van der Waals surface area contributed by atoms with Crippen molar-refractivity contribution in [2.45, 2.75) is 37.9 Å². The maximum absolute atomic E-state index is 2.44. The van der Waals surface area contributed by atoms with Crippen molar-refractivity contribution in [3.8, 4) is 0 Å². The van der Waals surface area contributed by atoms with Crippen molar-refractivity contribution < 1.29 is 0 Å². The van der Waals surface area contributed by atoms with Gasteiger partial charge < -0.3 is 0 Å². The van der Waals surface area contributed by atoms with Crippen molar-refractivity contribution >= 4 is 7.85 Å². The Bertz CT molecular complexity index is 129. The third-order valence-electron chi connectivity index (χ3n) is 3.46. The molecule has 2 aliphatic rings. The highest BCUT2D eigenvalue weighted by atomic mass is 14.5. The van der Waals surface area contributed by atoms with Crippen LogP contribution < -0.4 is 0 Å². The summed E-state index contributed by atoms with van der Waals surface area (Å²) in [4.78, 5) is 0. The average molecular weight is 122 g/mol. The van der Waals surface area contributed by atoms with Gasteiger partial charge in [0.1, 0.15) is 7.85 Å². The summed E-state index contributed by atoms with van der Waals surface area (Å²) in [5, 5.41) is 0.711. The summed E-state index contributed by atoms with van der Waals surface area (Å²) in [7, 11) is 2.44. The average Bonchev–Trinajstić information content (AvgIpc) is 2.19. The van der Waals surface area contributed by atoms with E-state index in [1.807, 2.05) is 0 Å². The Hall–Kier alpha value is 0.0649. The third kappa shape index (κ3) is 0.737. The lowest BCUT2D eigenvalue weighted by Crippen LogP contribution is -2.16. The van der Waals surface area contributed by atoms with E-state index in [0.29, 0.717) is 5.31 Å². The Morgan fingerprint density at radius 1 is 1.44 bits per heavy atom. The maximum atomic E-state index is 2.44. The molecule has 0 heterocycles. The molecule has 2 rings (SSSR count). The van der Waals surface area contributed by atoms with E-state index in [9.17, 15) is 0 Å². The van der Waals surface area contributed by atoms with E-state index in [-0.39, 0.29) is 0 Å². The van der Waals surface area contributed by atoms with Crippen LogP contribution in [0.15, 0.2) is 0 Å². The minimum Gasteiger partial charge on any atom is -0.0667 e. The summed E-state index contributed by atoms with van der Waals surface area (Å²) in [5.41, 5.74) is 0. The van der Waals surface area contributed by atoms with Gasteiger partial charge in [-0.1, -0.05) is 31.5 Å². The predicted octanol–water partition coefficient (Wildman–Crippen LogP) is 1.62. The van der Waals surface area contributed by atoms with Gasteiger partial charge in [0.15, 0.2) is 0 Å². The highest BCUT2D eigenvalue weighted by molar-refractivity contribution is 6.15. The normalized spacial score (nSPS) is 56.6. The van der Waals surface area contributed by atoms with Gasteiger partial charge in [-0.3, -0.25) is 0 Å². The molecule has 0 N–H and O–H groups in total. The van der Waals surface area contributed by atoms with Gasteiger partial charge in [0.05, 0.1) is 0 Å². The topological polar surface area (TPSA) is 0 Å². The molecule has 3 atom stereocenters. The maximum Gasteiger partial charge on any atom is 0.109 e. The van der Waals surface area contributed by atoms with Crippen LogP contribution >= 0.6 is 0 Å². The number of hydrogen-bond donors (Lipinski definition) is 0. The lowest BCUT2D eigenvalue weighted by atomic mass is 9.61. The first-order valence-electron chi connectivity index (χ1n) is 4.18. The summed E-state index contributed by atoms with van der Waals surface area (Å²) in [6.07, 6.45) is 6.12. The molecular weight excluding hydrogens is 107 g/mol. The molecule has 0 amide bonds. The van der Waals surface area contributed by atoms with Gasteiger partial charge in [-0.2, -0.15) is 0 Å². The molecule has 2 bridgehead atoms. The lowest BCUT2D eigenvalue weighted by molar-refractivity contribution is 0.380. The van der Waals surface area contributed by atoms with Crippen molar-refractivity contribution in [2.24, 2.45) is 11.8 Å². The molecular formula is C8H15B. The summed E-state index contributed by atoms with van der Waals surface area (Å²) >= 11 is 0. The molecule has 0 radical (unpaired) electrons. The van der Waals surface area contributed by atoms with E-state index in [4.69, 9.17) is 0 Å². The van der Waals surface area contributed by atoms with Gasteiger partial charge >= 0.3 is 0 Å². The fraction of sp³-hybridized carbons (Fsp3) is 1.00. The van der Waals surface area contributed by atoms with Crippen molar-refractivity contribution in [3.05, 3.63) is 0 Å². The SMILES string of the molecule is BC1(C)CC2CCC1C2. The first kappa shape index (κ1) is 5.82. The van der Waals surface area contributed by atoms with Crippen LogP contribution in [0.5, 0.6) is 0 Å². The number of rotatable bonds is 0. The zero-order chi connectivity index (χ0) is 6.48. The first-order chi connectivity index (χ1) is 4.18. The minimum atomic E-state index is 0.711. The Kier molecular flexibility index (Phi) is 1.01. The minimum absolute atomic E-state index is 0.711. The van der Waals surface area contributed by atoms with Crippen molar-refractivity contribution in [1.29, 1.82) is 0 Å². The van der Waals surface area contributed by atoms with Crippen LogP contribution in [-0.2, 0) is 0 Å². The van der Waals surface area contributed by atoms with E-state index in [0.717, 1.165) is 11.8 Å². The quantitative estimate of drug-likeness (QED) is 0.428. The molecule has 0 aromatic carbocycles. The van der Waals surface area contributed by atoms with Crippen LogP contribution in [0.2, 0.25) is 5.31 Å². The van der Waals surface area contributed by atoms with Crippen LogP contribution in [0.3, 0.4) is 0 Å². The van der Waals surface area contributed by atoms with Gasteiger partial charge in [-0.25, -0.2) is 0 Å². The monoisotopic (exact) mass is 122 g/mol. The van der Waals surface area contributed by atoms with Gasteiger partial charge in [-0.05, 0) is 18.3 Å². The molecule has 0 aromatic heterocycles. The molecule has 0 spiro atoms. The highest BCUT2D eigenvalue weighted by Crippen LogP contribution is 2.58.